The summed E-state index contributed by atoms with van der Waals surface area (Å²) in [6, 6.07) is 92.2. The number of benzene rings is 12. The predicted molar refractivity (Wildman–Crippen MR) is 446 cm³/mol. The molecule has 0 N–H and O–H groups in total. The van der Waals surface area contributed by atoms with Gasteiger partial charge in [0.15, 0.2) is 0 Å². The molecule has 5 unspecified atom stereocenters. The third kappa shape index (κ3) is 8.32. The van der Waals surface area contributed by atoms with Crippen LogP contribution in [0.5, 0.6) is 5.75 Å². The van der Waals surface area contributed by atoms with Gasteiger partial charge in [0.1, 0.15) is 23.0 Å². The molecule has 1 aliphatic heterocycles. The summed E-state index contributed by atoms with van der Waals surface area (Å²) < 4.78 is 19.0. The fourth-order valence-electron chi connectivity index (χ4n) is 21.4. The summed E-state index contributed by atoms with van der Waals surface area (Å²) in [5.41, 5.74) is 31.6. The van der Waals surface area contributed by atoms with E-state index in [9.17, 15) is 0 Å². The monoisotopic (exact) mass is 1390 g/mol. The van der Waals surface area contributed by atoms with Crippen LogP contribution in [0, 0.1) is 17.8 Å². The zero-order valence-corrected chi connectivity index (χ0v) is 61.4. The number of nitrogens with zero attached hydrogens (tertiary/aromatic N) is 4. The van der Waals surface area contributed by atoms with Gasteiger partial charge in [-0.3, -0.25) is 0 Å². The number of allylic oxidation sites excluding steroid dienone is 6. The largest absolute Gasteiger partial charge is 0.488 e. The first-order valence-electron chi connectivity index (χ1n) is 38.7. The van der Waals surface area contributed by atoms with Gasteiger partial charge in [-0.15, -0.1) is 0 Å². The summed E-state index contributed by atoms with van der Waals surface area (Å²) in [5.74, 6) is 1.26. The molecule has 1 fully saturated rings. The predicted octanol–water partition coefficient (Wildman–Crippen LogP) is 23.2. The molecular weight excluding hydrogens is 1310 g/mol. The van der Waals surface area contributed by atoms with Crippen LogP contribution in [0.15, 0.2) is 302 Å². The van der Waals surface area contributed by atoms with Crippen LogP contribution in [-0.2, 0) is 43.3 Å². The number of rotatable bonds is 10. The summed E-state index contributed by atoms with van der Waals surface area (Å²) in [4.78, 5) is 5.22. The van der Waals surface area contributed by atoms with Crippen LogP contribution in [0.4, 0.5) is 22.7 Å². The van der Waals surface area contributed by atoms with Crippen LogP contribution in [0.3, 0.4) is 0 Å². The number of furan rings is 1. The number of aromatic nitrogens is 2. The van der Waals surface area contributed by atoms with Gasteiger partial charge in [-0.2, -0.15) is 0 Å². The summed E-state index contributed by atoms with van der Waals surface area (Å²) >= 11 is 0. The molecule has 8 aliphatic rings. The molecule has 15 aromatic rings. The SMILES string of the molecule is Cn1c2c(c(-c3c4ccccc4c(N(c4ccc5c(c4)C(C)(C)c4ccccc4-5)c4ccc5c(c4)oc4ccccc45)c4ccccc34)c1-c1c(C3=c4ccccc4=C(N(Cc4ccc5c(c4)C(C)(C)c4ccccc4-5)c4ccc5c(c4)OC4C6C=CC=CC564)C4C=CC=CC34)c3ccccc3n1C)C=CCC2. The van der Waals surface area contributed by atoms with Crippen molar-refractivity contribution in [2.45, 2.75) is 69.4 Å². The zero-order chi connectivity index (χ0) is 71.8. The second-order valence-corrected chi connectivity index (χ2v) is 32.4. The second-order valence-electron chi connectivity index (χ2n) is 32.4. The lowest BCUT2D eigenvalue weighted by Gasteiger charge is -2.39. The van der Waals surface area contributed by atoms with E-state index in [-0.39, 0.29) is 34.2 Å². The van der Waals surface area contributed by atoms with Gasteiger partial charge >= 0.3 is 0 Å². The summed E-state index contributed by atoms with van der Waals surface area (Å²) in [6.45, 7) is 10.2. The van der Waals surface area contributed by atoms with Gasteiger partial charge in [0, 0.05) is 155 Å². The number of hydrogen-bond acceptors (Lipinski definition) is 4. The van der Waals surface area contributed by atoms with E-state index in [2.05, 4.69) is 364 Å². The number of hydrogen-bond donors (Lipinski definition) is 0. The third-order valence-corrected chi connectivity index (χ3v) is 26.4. The molecule has 6 heteroatoms. The Kier molecular flexibility index (Phi) is 12.8. The Morgan fingerprint density at radius 3 is 1.81 bits per heavy atom. The Labute approximate surface area is 628 Å². The lowest BCUT2D eigenvalue weighted by atomic mass is 9.72. The van der Waals surface area contributed by atoms with Crippen molar-refractivity contribution in [3.8, 4) is 50.5 Å². The Morgan fingerprint density at radius 2 is 1.05 bits per heavy atom. The molecule has 0 saturated heterocycles. The minimum absolute atomic E-state index is 0.0502. The van der Waals surface area contributed by atoms with E-state index >= 15 is 0 Å². The summed E-state index contributed by atoms with van der Waals surface area (Å²) in [5, 5.41) is 10.7. The molecule has 108 heavy (non-hydrogen) atoms. The van der Waals surface area contributed by atoms with E-state index in [1.54, 1.807) is 0 Å². The fraction of sp³-hybridized carbons (Fsp3) is 0.157. The molecule has 7 aliphatic carbocycles. The lowest BCUT2D eigenvalue weighted by molar-refractivity contribution is 0.302. The number of aryl methyl sites for hydroxylation is 1. The van der Waals surface area contributed by atoms with Gasteiger partial charge in [-0.05, 0) is 127 Å². The maximum Gasteiger partial charge on any atom is 0.137 e. The van der Waals surface area contributed by atoms with E-state index in [0.717, 1.165) is 74.1 Å². The minimum atomic E-state index is -0.228. The summed E-state index contributed by atoms with van der Waals surface area (Å²) in [7, 11) is 4.69. The van der Waals surface area contributed by atoms with Gasteiger partial charge in [0.25, 0.3) is 0 Å². The molecule has 23 rings (SSSR count). The van der Waals surface area contributed by atoms with E-state index in [4.69, 9.17) is 9.15 Å². The highest BCUT2D eigenvalue weighted by Crippen LogP contribution is 2.67. The average Bonchev–Trinajstić information content (AvgIpc) is 1.49. The van der Waals surface area contributed by atoms with E-state index in [0.29, 0.717) is 12.5 Å². The van der Waals surface area contributed by atoms with Crippen molar-refractivity contribution in [3.63, 3.8) is 0 Å². The van der Waals surface area contributed by atoms with Crippen molar-refractivity contribution < 1.29 is 9.15 Å². The fourth-order valence-corrected chi connectivity index (χ4v) is 21.4. The van der Waals surface area contributed by atoms with Crippen LogP contribution in [0.25, 0.3) is 117 Å². The van der Waals surface area contributed by atoms with E-state index < -0.39 is 0 Å². The van der Waals surface area contributed by atoms with Gasteiger partial charge in [-0.1, -0.05) is 277 Å². The van der Waals surface area contributed by atoms with Crippen molar-refractivity contribution >= 4 is 94.5 Å². The van der Waals surface area contributed by atoms with Crippen molar-refractivity contribution in [2.75, 3.05) is 9.80 Å². The first kappa shape index (κ1) is 61.9. The first-order chi connectivity index (χ1) is 52.9. The van der Waals surface area contributed by atoms with E-state index in [1.165, 1.54) is 138 Å². The minimum Gasteiger partial charge on any atom is -0.488 e. The molecule has 1 saturated carbocycles. The highest BCUT2D eigenvalue weighted by molar-refractivity contribution is 6.25. The van der Waals surface area contributed by atoms with Crippen molar-refractivity contribution in [1.82, 2.24) is 9.13 Å². The molecule has 5 atom stereocenters. The Balaban J connectivity index is 0.770. The van der Waals surface area contributed by atoms with Crippen LogP contribution in [0.2, 0.25) is 0 Å². The van der Waals surface area contributed by atoms with Crippen LogP contribution < -0.4 is 25.0 Å². The summed E-state index contributed by atoms with van der Waals surface area (Å²) in [6.07, 6.45) is 25.7. The number of para-hydroxylation sites is 2. The molecule has 3 aromatic heterocycles. The third-order valence-electron chi connectivity index (χ3n) is 26.4. The zero-order valence-electron chi connectivity index (χ0n) is 61.4. The van der Waals surface area contributed by atoms with Gasteiger partial charge in [0.2, 0.25) is 0 Å². The van der Waals surface area contributed by atoms with Crippen LogP contribution >= 0.6 is 0 Å². The number of anilines is 4. The smallest absolute Gasteiger partial charge is 0.137 e. The van der Waals surface area contributed by atoms with Crippen LogP contribution in [0.1, 0.15) is 84.3 Å². The van der Waals surface area contributed by atoms with Gasteiger partial charge < -0.3 is 28.1 Å². The van der Waals surface area contributed by atoms with Gasteiger partial charge in [0.05, 0.1) is 22.5 Å². The molecule has 12 aromatic carbocycles. The second kappa shape index (κ2) is 22.4. The Bertz CT molecular complexity index is 6790. The maximum absolute atomic E-state index is 7.07. The van der Waals surface area contributed by atoms with Gasteiger partial charge in [-0.25, -0.2) is 0 Å². The molecular formula is C102H78N4O2. The Morgan fingerprint density at radius 1 is 0.454 bits per heavy atom. The normalized spacial score (nSPS) is 19.9. The van der Waals surface area contributed by atoms with Crippen molar-refractivity contribution in [1.29, 1.82) is 0 Å². The number of ether oxygens (including phenoxy) is 1. The quantitative estimate of drug-likeness (QED) is 0.128. The topological polar surface area (TPSA) is 38.7 Å². The maximum atomic E-state index is 7.07. The van der Waals surface area contributed by atoms with Crippen molar-refractivity contribution in [3.05, 3.63) is 358 Å². The average molecular weight is 1390 g/mol. The molecule has 4 heterocycles. The van der Waals surface area contributed by atoms with E-state index in [1.807, 2.05) is 0 Å². The molecule has 6 nitrogen and oxygen atoms in total. The molecule has 518 valence electrons. The molecule has 1 spiro atoms. The number of fused-ring (bicyclic) bond motifs is 17. The highest BCUT2D eigenvalue weighted by Gasteiger charge is 2.70. The Hall–Kier alpha value is -12.4. The standard InChI is InChI=1S/C102H78N4O2/c1-100(2)80-40-20-15-27-64(80)66-50-46-60(55-84(66)100)59-105(61-49-53-82-90(57-61)108-99-83-42-25-26-54-102(82,83)99)95-74-34-11-7-30-70(74)91(71-31-8-12-35-75(71)95)93-78-38-17-22-43-86(78)103(5)97(93)98-94(79-39-18-23-44-87(79)104(98)6)92-72-32-9-13-36-76(72)96(77-37-14-10-33-73(77)92)106(63-48-52-69-68-29-19-24-45-88(68)107-89(69)58-63)62-47-51-67-65-28-16-21-41-81(65)101(3,4)85(67)56-62/h7-22,24-43,45-58,70,74,83,99H,23,44,59H2,1-6H3. The molecule has 0 amide bonds. The first-order valence-corrected chi connectivity index (χ1v) is 38.7. The molecule has 0 bridgehead atoms. The van der Waals surface area contributed by atoms with Crippen molar-refractivity contribution in [2.24, 2.45) is 31.8 Å². The van der Waals surface area contributed by atoms with Crippen LogP contribution in [-0.4, -0.2) is 15.2 Å². The highest BCUT2D eigenvalue weighted by atomic mass is 16.5. The lowest BCUT2D eigenvalue weighted by Crippen LogP contribution is -2.45. The molecule has 0 radical (unpaired) electrons.